The minimum atomic E-state index is -3.65. The molecule has 1 heterocycles. The molecule has 1 aromatic carbocycles. The molecule has 0 amide bonds. The Morgan fingerprint density at radius 2 is 2.00 bits per heavy atom. The molecule has 0 spiro atoms. The van der Waals surface area contributed by atoms with E-state index in [9.17, 15) is 12.6 Å². The molecular weight excluding hydrogens is 346 g/mol. The highest BCUT2D eigenvalue weighted by Crippen LogP contribution is 2.35. The lowest BCUT2D eigenvalue weighted by atomic mass is 10.1. The van der Waals surface area contributed by atoms with Crippen molar-refractivity contribution in [2.24, 2.45) is 5.92 Å². The van der Waals surface area contributed by atoms with Gasteiger partial charge in [-0.1, -0.05) is 18.9 Å². The molecule has 0 radical (unpaired) electrons. The lowest BCUT2D eigenvalue weighted by Crippen LogP contribution is -2.33. The number of benzene rings is 1. The predicted octanol–water partition coefficient (Wildman–Crippen LogP) is 1.26. The van der Waals surface area contributed by atoms with Gasteiger partial charge in [-0.3, -0.25) is 4.21 Å². The first-order valence-corrected chi connectivity index (χ1v) is 11.2. The first-order chi connectivity index (χ1) is 11.5. The molecule has 1 fully saturated rings. The Morgan fingerprint density at radius 1 is 1.25 bits per heavy atom. The van der Waals surface area contributed by atoms with E-state index < -0.39 is 20.8 Å². The van der Waals surface area contributed by atoms with Gasteiger partial charge in [0.05, 0.1) is 27.3 Å². The van der Waals surface area contributed by atoms with E-state index in [1.54, 1.807) is 6.07 Å². The Labute approximate surface area is 146 Å². The van der Waals surface area contributed by atoms with Crippen molar-refractivity contribution in [3.05, 3.63) is 18.2 Å². The summed E-state index contributed by atoms with van der Waals surface area (Å²) in [4.78, 5) is 2.39. The summed E-state index contributed by atoms with van der Waals surface area (Å²) < 4.78 is 40.0. The summed E-state index contributed by atoms with van der Waals surface area (Å²) >= 11 is 0. The fourth-order valence-corrected chi connectivity index (χ4v) is 6.54. The Bertz CT molecular complexity index is 715. The van der Waals surface area contributed by atoms with Crippen LogP contribution in [0.5, 0.6) is 0 Å². The Balaban J connectivity index is 1.59. The maximum atomic E-state index is 12.6. The molecule has 1 saturated carbocycles. The van der Waals surface area contributed by atoms with E-state index in [-0.39, 0.29) is 4.90 Å². The van der Waals surface area contributed by atoms with Crippen LogP contribution >= 0.6 is 0 Å². The zero-order valence-electron chi connectivity index (χ0n) is 14.0. The third-order valence-electron chi connectivity index (χ3n) is 4.70. The smallest absolute Gasteiger partial charge is 0.241 e. The molecule has 1 unspecified atom stereocenters. The third-order valence-corrected chi connectivity index (χ3v) is 7.84. The lowest BCUT2D eigenvalue weighted by molar-refractivity contribution is 0.489. The molecule has 2 aliphatic rings. The van der Waals surface area contributed by atoms with Crippen molar-refractivity contribution in [1.29, 1.82) is 0 Å². The van der Waals surface area contributed by atoms with Gasteiger partial charge < -0.3 is 10.2 Å². The van der Waals surface area contributed by atoms with Crippen LogP contribution in [0, 0.1) is 5.92 Å². The van der Waals surface area contributed by atoms with E-state index in [0.717, 1.165) is 18.2 Å². The second kappa shape index (κ2) is 7.51. The zero-order valence-corrected chi connectivity index (χ0v) is 15.6. The largest absolute Gasteiger partial charge is 0.361 e. The van der Waals surface area contributed by atoms with Crippen molar-refractivity contribution in [2.45, 2.75) is 35.5 Å². The number of nitrogens with zero attached hydrogens (tertiary/aromatic N) is 1. The van der Waals surface area contributed by atoms with E-state index in [1.165, 1.54) is 31.7 Å². The molecule has 1 aliphatic heterocycles. The van der Waals surface area contributed by atoms with Crippen LogP contribution in [0.4, 0.5) is 5.69 Å². The van der Waals surface area contributed by atoms with Crippen molar-refractivity contribution in [2.75, 3.05) is 37.5 Å². The fraction of sp³-hybridized carbons (Fsp3) is 0.625. The van der Waals surface area contributed by atoms with Gasteiger partial charge in [-0.25, -0.2) is 13.1 Å². The van der Waals surface area contributed by atoms with Crippen LogP contribution in [-0.4, -0.2) is 45.2 Å². The lowest BCUT2D eigenvalue weighted by Gasteiger charge is -2.13. The molecule has 0 saturated heterocycles. The molecule has 0 bridgehead atoms. The summed E-state index contributed by atoms with van der Waals surface area (Å²) in [5.41, 5.74) is 0.732. The summed E-state index contributed by atoms with van der Waals surface area (Å²) in [5, 5.41) is 3.32. The third kappa shape index (κ3) is 3.82. The number of fused-ring (bicyclic) bond motifs is 1. The molecule has 2 N–H and O–H groups in total. The van der Waals surface area contributed by atoms with Crippen LogP contribution in [0.1, 0.15) is 25.7 Å². The molecular formula is C16H25N3O3S2. The van der Waals surface area contributed by atoms with E-state index in [1.807, 2.05) is 18.0 Å². The highest BCUT2D eigenvalue weighted by Gasteiger charge is 2.30. The normalized spacial score (nSPS) is 21.4. The molecule has 24 heavy (non-hydrogen) atoms. The standard InChI is InChI=1S/C16H25N3O3S2/c1-19-12-23(20)16-14(19)7-4-8-15(16)24(21,22)18-10-9-17-11-13-5-2-3-6-13/h4,7-8,13,17-18H,2-3,5-6,9-12H2,1H3. The van der Waals surface area contributed by atoms with E-state index in [4.69, 9.17) is 0 Å². The molecule has 134 valence electrons. The van der Waals surface area contributed by atoms with Gasteiger partial charge in [-0.15, -0.1) is 0 Å². The number of nitrogens with one attached hydrogen (secondary N) is 2. The predicted molar refractivity (Wildman–Crippen MR) is 96.1 cm³/mol. The molecule has 1 aromatic rings. The van der Waals surface area contributed by atoms with Gasteiger partial charge in [0, 0.05) is 20.1 Å². The van der Waals surface area contributed by atoms with E-state index in [2.05, 4.69) is 10.0 Å². The quantitative estimate of drug-likeness (QED) is 0.706. The molecule has 1 aliphatic carbocycles. The number of hydrogen-bond acceptors (Lipinski definition) is 5. The highest BCUT2D eigenvalue weighted by molar-refractivity contribution is 7.91. The molecule has 3 rings (SSSR count). The van der Waals surface area contributed by atoms with Crippen LogP contribution in [0.15, 0.2) is 28.0 Å². The van der Waals surface area contributed by atoms with Crippen molar-refractivity contribution < 1.29 is 12.6 Å². The summed E-state index contributed by atoms with van der Waals surface area (Å²) in [6.45, 7) is 1.90. The van der Waals surface area contributed by atoms with Gasteiger partial charge in [0.1, 0.15) is 4.90 Å². The second-order valence-corrected chi connectivity index (χ2v) is 9.62. The maximum Gasteiger partial charge on any atom is 0.241 e. The van der Waals surface area contributed by atoms with Gasteiger partial charge >= 0.3 is 0 Å². The first-order valence-electron chi connectivity index (χ1n) is 8.42. The van der Waals surface area contributed by atoms with Crippen LogP contribution in [0.25, 0.3) is 0 Å². The Morgan fingerprint density at radius 3 is 2.75 bits per heavy atom. The number of sulfonamides is 1. The Kier molecular flexibility index (Phi) is 5.59. The highest BCUT2D eigenvalue weighted by atomic mass is 32.2. The minimum Gasteiger partial charge on any atom is -0.361 e. The van der Waals surface area contributed by atoms with Crippen molar-refractivity contribution >= 4 is 26.5 Å². The number of hydrogen-bond donors (Lipinski definition) is 2. The van der Waals surface area contributed by atoms with Crippen LogP contribution in [0.3, 0.4) is 0 Å². The minimum absolute atomic E-state index is 0.137. The Hall–Kier alpha value is -0.960. The van der Waals surface area contributed by atoms with E-state index in [0.29, 0.717) is 23.9 Å². The molecule has 0 aromatic heterocycles. The second-order valence-electron chi connectivity index (χ2n) is 6.53. The fourth-order valence-electron chi connectivity index (χ4n) is 3.43. The number of rotatable bonds is 7. The summed E-state index contributed by atoms with van der Waals surface area (Å²) in [6, 6.07) is 5.04. The van der Waals surface area contributed by atoms with Gasteiger partial charge in [0.25, 0.3) is 0 Å². The maximum absolute atomic E-state index is 12.6. The van der Waals surface area contributed by atoms with Crippen molar-refractivity contribution in [3.8, 4) is 0 Å². The molecule has 8 heteroatoms. The van der Waals surface area contributed by atoms with Gasteiger partial charge in [0.15, 0.2) is 0 Å². The van der Waals surface area contributed by atoms with Crippen molar-refractivity contribution in [3.63, 3.8) is 0 Å². The van der Waals surface area contributed by atoms with Crippen LogP contribution in [0.2, 0.25) is 0 Å². The van der Waals surface area contributed by atoms with Crippen LogP contribution < -0.4 is 14.9 Å². The topological polar surface area (TPSA) is 78.5 Å². The summed E-state index contributed by atoms with van der Waals surface area (Å²) in [6.07, 6.45) is 5.16. The van der Waals surface area contributed by atoms with Gasteiger partial charge in [-0.05, 0) is 37.4 Å². The monoisotopic (exact) mass is 371 g/mol. The van der Waals surface area contributed by atoms with Crippen LogP contribution in [-0.2, 0) is 20.8 Å². The number of anilines is 1. The van der Waals surface area contributed by atoms with Gasteiger partial charge in [-0.2, -0.15) is 0 Å². The summed E-state index contributed by atoms with van der Waals surface area (Å²) in [5.74, 6) is 1.07. The molecule has 6 nitrogen and oxygen atoms in total. The zero-order chi connectivity index (χ0) is 17.2. The molecule has 1 atom stereocenters. The van der Waals surface area contributed by atoms with Gasteiger partial charge in [0.2, 0.25) is 10.0 Å². The average Bonchev–Trinajstić information content (AvgIpc) is 3.16. The van der Waals surface area contributed by atoms with Crippen molar-refractivity contribution in [1.82, 2.24) is 10.0 Å². The van der Waals surface area contributed by atoms with E-state index >= 15 is 0 Å². The average molecular weight is 372 g/mol. The summed E-state index contributed by atoms with van der Waals surface area (Å²) in [7, 11) is -3.14. The first kappa shape index (κ1) is 17.8. The SMILES string of the molecule is CN1CS(=O)c2c1cccc2S(=O)(=O)NCCNCC1CCCC1.